The average Bonchev–Trinajstić information content (AvgIpc) is 2.74. The van der Waals surface area contributed by atoms with Crippen molar-refractivity contribution in [3.8, 4) is 22.9 Å². The van der Waals surface area contributed by atoms with Gasteiger partial charge in [-0.1, -0.05) is 11.6 Å². The molecule has 0 fully saturated rings. The lowest BCUT2D eigenvalue weighted by atomic mass is 10.1. The van der Waals surface area contributed by atoms with Gasteiger partial charge in [-0.05, 0) is 31.2 Å². The first-order valence-electron chi connectivity index (χ1n) is 5.62. The highest BCUT2D eigenvalue weighted by atomic mass is 16.3. The fraction of sp³-hybridized carbons (Fsp3) is 0.0714. The number of nitrogens with zero attached hydrogens (tertiary/aromatic N) is 1. The lowest BCUT2D eigenvalue weighted by molar-refractivity contribution is 0.476. The Morgan fingerprint density at radius 1 is 1.06 bits per heavy atom. The summed E-state index contributed by atoms with van der Waals surface area (Å²) in [6, 6.07) is 10.3. The summed E-state index contributed by atoms with van der Waals surface area (Å²) in [6.45, 7) is 1.96. The highest BCUT2D eigenvalue weighted by Crippen LogP contribution is 2.30. The van der Waals surface area contributed by atoms with Gasteiger partial charge in [-0.15, -0.1) is 0 Å². The summed E-state index contributed by atoms with van der Waals surface area (Å²) in [6.07, 6.45) is 0. The summed E-state index contributed by atoms with van der Waals surface area (Å²) in [5.41, 5.74) is 3.20. The Kier molecular flexibility index (Phi) is 2.23. The second kappa shape index (κ2) is 3.77. The third kappa shape index (κ3) is 1.68. The van der Waals surface area contributed by atoms with Gasteiger partial charge in [0.1, 0.15) is 17.3 Å². The average molecular weight is 240 g/mol. The monoisotopic (exact) mass is 240 g/mol. The van der Waals surface area contributed by atoms with Crippen molar-refractivity contribution in [3.05, 3.63) is 42.0 Å². The smallest absolute Gasteiger partial charge is 0.142 e. The first-order chi connectivity index (χ1) is 8.63. The van der Waals surface area contributed by atoms with Gasteiger partial charge in [0.05, 0.1) is 16.6 Å². The van der Waals surface area contributed by atoms with Crippen molar-refractivity contribution in [3.63, 3.8) is 0 Å². The number of rotatable bonds is 1. The van der Waals surface area contributed by atoms with E-state index in [-0.39, 0.29) is 11.5 Å². The molecule has 0 radical (unpaired) electrons. The molecular weight excluding hydrogens is 228 g/mol. The molecule has 2 aromatic carbocycles. The van der Waals surface area contributed by atoms with Crippen LogP contribution in [0.25, 0.3) is 22.4 Å². The molecule has 0 saturated heterocycles. The van der Waals surface area contributed by atoms with Gasteiger partial charge in [0.2, 0.25) is 0 Å². The summed E-state index contributed by atoms with van der Waals surface area (Å²) in [7, 11) is 0. The molecule has 1 aromatic heterocycles. The zero-order valence-electron chi connectivity index (χ0n) is 9.81. The van der Waals surface area contributed by atoms with E-state index in [1.54, 1.807) is 24.3 Å². The number of phenolic OH excluding ortho intramolecular Hbond substituents is 2. The van der Waals surface area contributed by atoms with Crippen molar-refractivity contribution in [1.29, 1.82) is 0 Å². The molecule has 1 heterocycles. The maximum atomic E-state index is 9.86. The fourth-order valence-electron chi connectivity index (χ4n) is 1.96. The van der Waals surface area contributed by atoms with E-state index in [0.29, 0.717) is 11.4 Å². The topological polar surface area (TPSA) is 69.1 Å². The number of fused-ring (bicyclic) bond motifs is 1. The van der Waals surface area contributed by atoms with E-state index in [1.165, 1.54) is 0 Å². The van der Waals surface area contributed by atoms with Crippen molar-refractivity contribution in [1.82, 2.24) is 9.97 Å². The van der Waals surface area contributed by atoms with E-state index in [2.05, 4.69) is 9.97 Å². The molecule has 0 amide bonds. The lowest BCUT2D eigenvalue weighted by Gasteiger charge is -2.01. The van der Waals surface area contributed by atoms with Crippen molar-refractivity contribution in [2.75, 3.05) is 0 Å². The maximum Gasteiger partial charge on any atom is 0.142 e. The molecule has 4 heteroatoms. The number of nitrogens with one attached hydrogen (secondary N) is 1. The van der Waals surface area contributed by atoms with Crippen LogP contribution in [0.1, 0.15) is 5.56 Å². The minimum atomic E-state index is 0.184. The predicted molar refractivity (Wildman–Crippen MR) is 69.6 cm³/mol. The highest BCUT2D eigenvalue weighted by Gasteiger charge is 2.10. The van der Waals surface area contributed by atoms with E-state index >= 15 is 0 Å². The van der Waals surface area contributed by atoms with E-state index < -0.39 is 0 Å². The van der Waals surface area contributed by atoms with Crippen LogP contribution in [0.3, 0.4) is 0 Å². The number of aryl methyl sites for hydroxylation is 1. The Bertz CT molecular complexity index is 732. The molecule has 3 N–H and O–H groups in total. The van der Waals surface area contributed by atoms with Gasteiger partial charge in [0.15, 0.2) is 0 Å². The van der Waals surface area contributed by atoms with E-state index in [9.17, 15) is 10.2 Å². The second-order valence-electron chi connectivity index (χ2n) is 4.31. The molecule has 90 valence electrons. The van der Waals surface area contributed by atoms with Crippen LogP contribution in [0.2, 0.25) is 0 Å². The van der Waals surface area contributed by atoms with Crippen LogP contribution < -0.4 is 0 Å². The Morgan fingerprint density at radius 2 is 1.89 bits per heavy atom. The summed E-state index contributed by atoms with van der Waals surface area (Å²) in [4.78, 5) is 7.49. The summed E-state index contributed by atoms with van der Waals surface area (Å²) in [5.74, 6) is 0.965. The number of hydrogen-bond acceptors (Lipinski definition) is 3. The fourth-order valence-corrected chi connectivity index (χ4v) is 1.96. The summed E-state index contributed by atoms with van der Waals surface area (Å²) >= 11 is 0. The van der Waals surface area contributed by atoms with Crippen LogP contribution in [0.15, 0.2) is 36.4 Å². The van der Waals surface area contributed by atoms with E-state index in [0.717, 1.165) is 16.6 Å². The summed E-state index contributed by atoms with van der Waals surface area (Å²) < 4.78 is 0. The van der Waals surface area contributed by atoms with Gasteiger partial charge in [-0.2, -0.15) is 0 Å². The molecule has 0 bridgehead atoms. The molecule has 0 unspecified atom stereocenters. The van der Waals surface area contributed by atoms with Crippen LogP contribution in [0.4, 0.5) is 0 Å². The normalized spacial score (nSPS) is 10.9. The number of hydrogen-bond donors (Lipinski definition) is 3. The van der Waals surface area contributed by atoms with Crippen molar-refractivity contribution in [2.45, 2.75) is 6.92 Å². The van der Waals surface area contributed by atoms with Crippen LogP contribution in [-0.2, 0) is 0 Å². The van der Waals surface area contributed by atoms with Gasteiger partial charge >= 0.3 is 0 Å². The number of aromatic nitrogens is 2. The molecule has 4 nitrogen and oxygen atoms in total. The maximum absolute atomic E-state index is 9.86. The minimum absolute atomic E-state index is 0.184. The summed E-state index contributed by atoms with van der Waals surface area (Å²) in [5, 5.41) is 19.3. The van der Waals surface area contributed by atoms with Crippen molar-refractivity contribution in [2.24, 2.45) is 0 Å². The molecule has 0 aliphatic rings. The van der Waals surface area contributed by atoms with Crippen LogP contribution in [0.5, 0.6) is 11.5 Å². The molecule has 3 aromatic rings. The highest BCUT2D eigenvalue weighted by molar-refractivity contribution is 5.81. The van der Waals surface area contributed by atoms with Crippen molar-refractivity contribution >= 4 is 11.0 Å². The van der Waals surface area contributed by atoms with Gasteiger partial charge in [-0.25, -0.2) is 4.98 Å². The third-order valence-corrected chi connectivity index (χ3v) is 2.87. The van der Waals surface area contributed by atoms with Gasteiger partial charge in [0, 0.05) is 6.07 Å². The Hall–Kier alpha value is -2.49. The lowest BCUT2D eigenvalue weighted by Crippen LogP contribution is -1.83. The largest absolute Gasteiger partial charge is 0.508 e. The predicted octanol–water partition coefficient (Wildman–Crippen LogP) is 2.95. The first kappa shape index (κ1) is 10.7. The SMILES string of the molecule is Cc1ccc(O)c(-c2nc3ccc(O)cc3[nH]2)c1. The number of aromatic amines is 1. The molecule has 0 aliphatic carbocycles. The first-order valence-corrected chi connectivity index (χ1v) is 5.62. The molecule has 0 spiro atoms. The molecule has 0 atom stereocenters. The Balaban J connectivity index is 2.22. The number of benzene rings is 2. The Labute approximate surface area is 104 Å². The quantitative estimate of drug-likeness (QED) is 0.612. The Morgan fingerprint density at radius 3 is 2.72 bits per heavy atom. The number of imidazole rings is 1. The van der Waals surface area contributed by atoms with Gasteiger partial charge in [0.25, 0.3) is 0 Å². The minimum Gasteiger partial charge on any atom is -0.508 e. The third-order valence-electron chi connectivity index (χ3n) is 2.87. The van der Waals surface area contributed by atoms with Gasteiger partial charge in [-0.3, -0.25) is 0 Å². The molecule has 0 saturated carbocycles. The molecule has 0 aliphatic heterocycles. The van der Waals surface area contributed by atoms with Gasteiger partial charge < -0.3 is 15.2 Å². The van der Waals surface area contributed by atoms with Crippen molar-refractivity contribution < 1.29 is 10.2 Å². The molecular formula is C14H12N2O2. The number of H-pyrrole nitrogens is 1. The standard InChI is InChI=1S/C14H12N2O2/c1-8-2-5-13(18)10(6-8)14-15-11-4-3-9(17)7-12(11)16-14/h2-7,17-18H,1H3,(H,15,16). The van der Waals surface area contributed by atoms with E-state index in [4.69, 9.17) is 0 Å². The second-order valence-corrected chi connectivity index (χ2v) is 4.31. The van der Waals surface area contributed by atoms with E-state index in [1.807, 2.05) is 19.1 Å². The zero-order valence-corrected chi connectivity index (χ0v) is 9.81. The number of aromatic hydroxyl groups is 2. The van der Waals surface area contributed by atoms with Crippen LogP contribution in [-0.4, -0.2) is 20.2 Å². The molecule has 3 rings (SSSR count). The zero-order chi connectivity index (χ0) is 12.7. The number of phenols is 2. The molecule has 18 heavy (non-hydrogen) atoms. The van der Waals surface area contributed by atoms with Crippen LogP contribution in [0, 0.1) is 6.92 Å². The van der Waals surface area contributed by atoms with Crippen LogP contribution >= 0.6 is 0 Å².